The van der Waals surface area contributed by atoms with Gasteiger partial charge in [-0.3, -0.25) is 0 Å². The average Bonchev–Trinajstić information content (AvgIpc) is 4.07. The van der Waals surface area contributed by atoms with Crippen LogP contribution in [0.2, 0.25) is 0 Å². The Morgan fingerprint density at radius 1 is 0.286 bits per heavy atom. The molecule has 0 spiro atoms. The first-order valence-corrected chi connectivity index (χ1v) is 25.2. The minimum Gasteiger partial charge on any atom is -0.454 e. The molecule has 0 unspecified atom stereocenters. The standard InChI is InChI=1S/C68H53NO/c1-65(2)50-28-16-13-20-38(50)46-32-54-48(34-52(46)65)62-43-25-11-9-22-40(43)59(36-56(62)67(54,5)6)69(58-30-19-27-45-42-24-15-18-31-61(42)70-64(45)58)60-37-57-63(44-26-12-10-23-41(44)60)49-35-53-47(33-55(49)68(57,7)8)39-21-14-17-29-51(39)66(53,3)4/h9-37H,1-8H3. The molecular formula is C68H53NO. The van der Waals surface area contributed by atoms with Crippen LogP contribution >= 0.6 is 0 Å². The molecule has 1 heterocycles. The van der Waals surface area contributed by atoms with Crippen molar-refractivity contribution in [2.75, 3.05) is 4.90 Å². The van der Waals surface area contributed by atoms with Crippen molar-refractivity contribution >= 4 is 60.5 Å². The summed E-state index contributed by atoms with van der Waals surface area (Å²) in [7, 11) is 0. The molecule has 0 radical (unpaired) electrons. The zero-order valence-corrected chi connectivity index (χ0v) is 41.1. The van der Waals surface area contributed by atoms with Gasteiger partial charge in [0, 0.05) is 43.2 Å². The van der Waals surface area contributed by atoms with E-state index >= 15 is 0 Å². The van der Waals surface area contributed by atoms with E-state index in [1.165, 1.54) is 111 Å². The molecule has 70 heavy (non-hydrogen) atoms. The topological polar surface area (TPSA) is 16.4 Å². The van der Waals surface area contributed by atoms with Crippen molar-refractivity contribution < 1.29 is 4.42 Å². The second-order valence-corrected chi connectivity index (χ2v) is 22.8. The van der Waals surface area contributed by atoms with E-state index < -0.39 is 0 Å². The van der Waals surface area contributed by atoms with Crippen molar-refractivity contribution in [2.45, 2.75) is 77.0 Å². The molecule has 336 valence electrons. The van der Waals surface area contributed by atoms with Crippen LogP contribution in [0.4, 0.5) is 17.1 Å². The highest BCUT2D eigenvalue weighted by atomic mass is 16.3. The van der Waals surface area contributed by atoms with E-state index in [0.717, 1.165) is 39.0 Å². The third kappa shape index (κ3) is 4.84. The summed E-state index contributed by atoms with van der Waals surface area (Å²) >= 11 is 0. The predicted octanol–water partition coefficient (Wildman–Crippen LogP) is 18.6. The number of para-hydroxylation sites is 2. The van der Waals surface area contributed by atoms with E-state index in [9.17, 15) is 0 Å². The molecule has 11 aromatic rings. The van der Waals surface area contributed by atoms with Gasteiger partial charge < -0.3 is 9.32 Å². The van der Waals surface area contributed by atoms with Gasteiger partial charge in [0.15, 0.2) is 5.58 Å². The Morgan fingerprint density at radius 2 is 0.671 bits per heavy atom. The summed E-state index contributed by atoms with van der Waals surface area (Å²) in [5.41, 5.74) is 26.3. The Hall–Kier alpha value is -7.68. The quantitative estimate of drug-likeness (QED) is 0.176. The minimum atomic E-state index is -0.284. The Morgan fingerprint density at radius 3 is 1.19 bits per heavy atom. The lowest BCUT2D eigenvalue weighted by atomic mass is 9.79. The van der Waals surface area contributed by atoms with Gasteiger partial charge >= 0.3 is 0 Å². The lowest BCUT2D eigenvalue weighted by Crippen LogP contribution is -2.19. The van der Waals surface area contributed by atoms with Crippen LogP contribution in [0.5, 0.6) is 0 Å². The largest absolute Gasteiger partial charge is 0.454 e. The van der Waals surface area contributed by atoms with Gasteiger partial charge in [0.2, 0.25) is 0 Å². The zero-order valence-electron chi connectivity index (χ0n) is 41.1. The van der Waals surface area contributed by atoms with Crippen LogP contribution in [0.1, 0.15) is 99.9 Å². The molecular weight excluding hydrogens is 847 g/mol. The third-order valence-corrected chi connectivity index (χ3v) is 17.8. The van der Waals surface area contributed by atoms with E-state index in [-0.39, 0.29) is 21.7 Å². The number of fused-ring (bicyclic) bond motifs is 19. The molecule has 0 saturated heterocycles. The highest BCUT2D eigenvalue weighted by Gasteiger charge is 2.45. The lowest BCUT2D eigenvalue weighted by Gasteiger charge is -2.32. The molecule has 1 aromatic heterocycles. The predicted molar refractivity (Wildman–Crippen MR) is 294 cm³/mol. The highest BCUT2D eigenvalue weighted by molar-refractivity contribution is 6.18. The number of furan rings is 1. The summed E-state index contributed by atoms with van der Waals surface area (Å²) in [5.74, 6) is 0. The van der Waals surface area contributed by atoms with Crippen LogP contribution in [0.15, 0.2) is 180 Å². The number of nitrogens with zero attached hydrogens (tertiary/aromatic N) is 1. The van der Waals surface area contributed by atoms with Gasteiger partial charge in [-0.2, -0.15) is 0 Å². The first-order chi connectivity index (χ1) is 33.8. The van der Waals surface area contributed by atoms with E-state index in [1.807, 2.05) is 0 Å². The van der Waals surface area contributed by atoms with Gasteiger partial charge in [0.1, 0.15) is 5.58 Å². The summed E-state index contributed by atoms with van der Waals surface area (Å²) in [5, 5.41) is 7.21. The average molecular weight is 900 g/mol. The molecule has 0 atom stereocenters. The molecule has 0 saturated carbocycles. The zero-order chi connectivity index (χ0) is 47.4. The van der Waals surface area contributed by atoms with E-state index in [0.29, 0.717) is 0 Å². The molecule has 10 aromatic carbocycles. The number of benzene rings is 10. The van der Waals surface area contributed by atoms with Gasteiger partial charge in [-0.15, -0.1) is 0 Å². The van der Waals surface area contributed by atoms with E-state index in [4.69, 9.17) is 4.42 Å². The second kappa shape index (κ2) is 13.1. The summed E-state index contributed by atoms with van der Waals surface area (Å²) in [6, 6.07) is 67.0. The van der Waals surface area contributed by atoms with Crippen molar-refractivity contribution in [1.29, 1.82) is 0 Å². The summed E-state index contributed by atoms with van der Waals surface area (Å²) < 4.78 is 7.05. The van der Waals surface area contributed by atoms with Crippen LogP contribution in [0.3, 0.4) is 0 Å². The Balaban J connectivity index is 1.03. The molecule has 4 aliphatic carbocycles. The number of rotatable bonds is 3. The van der Waals surface area contributed by atoms with Gasteiger partial charge in [-0.1, -0.05) is 183 Å². The Kier molecular flexibility index (Phi) is 7.55. The molecule has 0 amide bonds. The Bertz CT molecular complexity index is 3970. The molecule has 0 bridgehead atoms. The number of anilines is 3. The number of hydrogen-bond acceptors (Lipinski definition) is 2. The first-order valence-electron chi connectivity index (χ1n) is 25.2. The maximum Gasteiger partial charge on any atom is 0.159 e. The summed E-state index contributed by atoms with van der Waals surface area (Å²) in [6.45, 7) is 19.4. The van der Waals surface area contributed by atoms with Crippen molar-refractivity contribution in [3.8, 4) is 44.5 Å². The van der Waals surface area contributed by atoms with Crippen molar-refractivity contribution in [3.05, 3.63) is 220 Å². The smallest absolute Gasteiger partial charge is 0.159 e. The molecule has 2 heteroatoms. The van der Waals surface area contributed by atoms with E-state index in [1.54, 1.807) is 0 Å². The maximum absolute atomic E-state index is 7.05. The minimum absolute atomic E-state index is 0.103. The van der Waals surface area contributed by atoms with Crippen LogP contribution in [-0.4, -0.2) is 0 Å². The lowest BCUT2D eigenvalue weighted by molar-refractivity contribution is 0.652. The fourth-order valence-corrected chi connectivity index (χ4v) is 14.2. The monoisotopic (exact) mass is 899 g/mol. The molecule has 15 rings (SSSR count). The van der Waals surface area contributed by atoms with Crippen LogP contribution in [0, 0.1) is 0 Å². The molecule has 4 aliphatic rings. The fraction of sp³-hybridized carbons (Fsp3) is 0.176. The van der Waals surface area contributed by atoms with Gasteiger partial charge in [0.25, 0.3) is 0 Å². The number of hydrogen-bond donors (Lipinski definition) is 0. The van der Waals surface area contributed by atoms with Crippen molar-refractivity contribution in [3.63, 3.8) is 0 Å². The van der Waals surface area contributed by atoms with E-state index in [2.05, 4.69) is 236 Å². The third-order valence-electron chi connectivity index (χ3n) is 17.8. The molecule has 2 nitrogen and oxygen atoms in total. The van der Waals surface area contributed by atoms with Crippen LogP contribution in [0.25, 0.3) is 88.0 Å². The van der Waals surface area contributed by atoms with Gasteiger partial charge in [-0.05, 0) is 148 Å². The normalized spacial score (nSPS) is 16.5. The molecule has 0 N–H and O–H groups in total. The van der Waals surface area contributed by atoms with Crippen molar-refractivity contribution in [1.82, 2.24) is 0 Å². The SMILES string of the molecule is CC1(C)c2ccccc2-c2cc3c(cc21)-c1c(cc(N(c2cc4c(c5ccccc25)-c2cc5c(cc2C4(C)C)-c2ccccc2C5(C)C)c2cccc4c2oc2ccccc24)c2ccccc12)C3(C)C. The summed E-state index contributed by atoms with van der Waals surface area (Å²) in [4.78, 5) is 2.58. The van der Waals surface area contributed by atoms with Crippen LogP contribution in [-0.2, 0) is 21.7 Å². The molecule has 0 aliphatic heterocycles. The summed E-state index contributed by atoms with van der Waals surface area (Å²) in [6.07, 6.45) is 0. The van der Waals surface area contributed by atoms with Crippen LogP contribution < -0.4 is 4.90 Å². The maximum atomic E-state index is 7.05. The first kappa shape index (κ1) is 40.2. The van der Waals surface area contributed by atoms with Gasteiger partial charge in [0.05, 0.1) is 17.1 Å². The highest BCUT2D eigenvalue weighted by Crippen LogP contribution is 2.62. The van der Waals surface area contributed by atoms with Crippen molar-refractivity contribution in [2.24, 2.45) is 0 Å². The second-order valence-electron chi connectivity index (χ2n) is 22.8. The molecule has 0 fully saturated rings. The Labute approximate surface area is 409 Å². The fourth-order valence-electron chi connectivity index (χ4n) is 14.2. The van der Waals surface area contributed by atoms with Gasteiger partial charge in [-0.25, -0.2) is 0 Å².